The minimum absolute atomic E-state index is 0.0743. The molecule has 0 unspecified atom stereocenters. The van der Waals surface area contributed by atoms with Crippen LogP contribution in [0.25, 0.3) is 0 Å². The third-order valence-corrected chi connectivity index (χ3v) is 3.72. The highest BCUT2D eigenvalue weighted by molar-refractivity contribution is 5.88. The lowest BCUT2D eigenvalue weighted by Crippen LogP contribution is -2.56. The molecule has 23 heavy (non-hydrogen) atoms. The molecule has 1 aliphatic heterocycles. The van der Waals surface area contributed by atoms with Crippen LogP contribution in [0.3, 0.4) is 0 Å². The third kappa shape index (κ3) is 5.30. The number of piperazine rings is 1. The van der Waals surface area contributed by atoms with Gasteiger partial charge in [-0.3, -0.25) is 14.5 Å². The van der Waals surface area contributed by atoms with E-state index in [-0.39, 0.29) is 24.1 Å². The zero-order chi connectivity index (χ0) is 16.7. The summed E-state index contributed by atoms with van der Waals surface area (Å²) >= 11 is 0. The van der Waals surface area contributed by atoms with Crippen molar-refractivity contribution in [3.05, 3.63) is 35.6 Å². The van der Waals surface area contributed by atoms with Gasteiger partial charge < -0.3 is 15.4 Å². The zero-order valence-corrected chi connectivity index (χ0v) is 13.2. The van der Waals surface area contributed by atoms with Crippen molar-refractivity contribution in [2.24, 2.45) is 0 Å². The lowest BCUT2D eigenvalue weighted by molar-refractivity contribution is -0.134. The highest BCUT2D eigenvalue weighted by Crippen LogP contribution is 2.14. The number of carbonyl (C=O) groups is 2. The SMILES string of the molecule is COCCNC(=O)C[C@H]1C(=O)NCCN1Cc1cccc(F)c1. The van der Waals surface area contributed by atoms with Crippen LogP contribution in [-0.4, -0.2) is 56.1 Å². The average molecular weight is 323 g/mol. The molecule has 0 aliphatic carbocycles. The van der Waals surface area contributed by atoms with Gasteiger partial charge in [0.1, 0.15) is 5.82 Å². The molecular formula is C16H22FN3O3. The van der Waals surface area contributed by atoms with E-state index in [0.717, 1.165) is 5.56 Å². The first-order chi connectivity index (χ1) is 11.1. The molecule has 0 bridgehead atoms. The summed E-state index contributed by atoms with van der Waals surface area (Å²) in [5, 5.41) is 5.49. The number of ether oxygens (including phenoxy) is 1. The lowest BCUT2D eigenvalue weighted by atomic mass is 10.1. The lowest BCUT2D eigenvalue weighted by Gasteiger charge is -2.34. The minimum atomic E-state index is -0.547. The smallest absolute Gasteiger partial charge is 0.237 e. The van der Waals surface area contributed by atoms with Gasteiger partial charge in [-0.1, -0.05) is 12.1 Å². The van der Waals surface area contributed by atoms with Gasteiger partial charge in [0.25, 0.3) is 0 Å². The molecule has 0 radical (unpaired) electrons. The van der Waals surface area contributed by atoms with E-state index in [0.29, 0.717) is 32.8 Å². The number of carbonyl (C=O) groups excluding carboxylic acids is 2. The maximum absolute atomic E-state index is 13.3. The van der Waals surface area contributed by atoms with Gasteiger partial charge in [0.2, 0.25) is 11.8 Å². The average Bonchev–Trinajstić information content (AvgIpc) is 2.51. The first-order valence-electron chi connectivity index (χ1n) is 7.62. The molecule has 1 saturated heterocycles. The Hall–Kier alpha value is -1.99. The fourth-order valence-electron chi connectivity index (χ4n) is 2.58. The zero-order valence-electron chi connectivity index (χ0n) is 13.2. The Bertz CT molecular complexity index is 553. The predicted molar refractivity (Wildman–Crippen MR) is 83.1 cm³/mol. The number of benzene rings is 1. The molecule has 0 aromatic heterocycles. The van der Waals surface area contributed by atoms with Gasteiger partial charge in [-0.05, 0) is 17.7 Å². The molecule has 1 fully saturated rings. The molecular weight excluding hydrogens is 301 g/mol. The molecule has 0 spiro atoms. The third-order valence-electron chi connectivity index (χ3n) is 3.72. The van der Waals surface area contributed by atoms with Crippen LogP contribution in [-0.2, 0) is 20.9 Å². The predicted octanol–water partition coefficient (Wildman–Crippen LogP) is 0.279. The summed E-state index contributed by atoms with van der Waals surface area (Å²) in [4.78, 5) is 26.0. The number of hydrogen-bond donors (Lipinski definition) is 2. The molecule has 1 aromatic rings. The largest absolute Gasteiger partial charge is 0.383 e. The quantitative estimate of drug-likeness (QED) is 0.707. The maximum Gasteiger partial charge on any atom is 0.237 e. The Balaban J connectivity index is 1.98. The van der Waals surface area contributed by atoms with Gasteiger partial charge in [-0.2, -0.15) is 0 Å². The van der Waals surface area contributed by atoms with Gasteiger partial charge in [0.15, 0.2) is 0 Å². The second kappa shape index (κ2) is 8.59. The summed E-state index contributed by atoms with van der Waals surface area (Å²) in [6.07, 6.45) is 0.0743. The number of hydrogen-bond acceptors (Lipinski definition) is 4. The van der Waals surface area contributed by atoms with Crippen molar-refractivity contribution < 1.29 is 18.7 Å². The Kier molecular flexibility index (Phi) is 6.49. The molecule has 6 nitrogen and oxygen atoms in total. The van der Waals surface area contributed by atoms with E-state index in [2.05, 4.69) is 10.6 Å². The van der Waals surface area contributed by atoms with Crippen molar-refractivity contribution in [1.82, 2.24) is 15.5 Å². The van der Waals surface area contributed by atoms with Crippen LogP contribution in [0.1, 0.15) is 12.0 Å². The van der Waals surface area contributed by atoms with Crippen molar-refractivity contribution in [3.8, 4) is 0 Å². The maximum atomic E-state index is 13.3. The normalized spacial score (nSPS) is 18.5. The Morgan fingerprint density at radius 3 is 3.09 bits per heavy atom. The molecule has 0 saturated carbocycles. The van der Waals surface area contributed by atoms with Crippen molar-refractivity contribution in [3.63, 3.8) is 0 Å². The summed E-state index contributed by atoms with van der Waals surface area (Å²) in [6.45, 7) is 2.42. The highest BCUT2D eigenvalue weighted by atomic mass is 19.1. The van der Waals surface area contributed by atoms with E-state index >= 15 is 0 Å². The highest BCUT2D eigenvalue weighted by Gasteiger charge is 2.31. The molecule has 2 amide bonds. The van der Waals surface area contributed by atoms with Crippen LogP contribution in [0.2, 0.25) is 0 Å². The molecule has 2 N–H and O–H groups in total. The van der Waals surface area contributed by atoms with Crippen LogP contribution < -0.4 is 10.6 Å². The second-order valence-electron chi connectivity index (χ2n) is 5.45. The summed E-state index contributed by atoms with van der Waals surface area (Å²) < 4.78 is 18.2. The van der Waals surface area contributed by atoms with E-state index in [1.165, 1.54) is 12.1 Å². The van der Waals surface area contributed by atoms with Gasteiger partial charge in [0, 0.05) is 33.3 Å². The van der Waals surface area contributed by atoms with E-state index in [9.17, 15) is 14.0 Å². The number of amides is 2. The number of nitrogens with one attached hydrogen (secondary N) is 2. The van der Waals surface area contributed by atoms with Crippen LogP contribution in [0, 0.1) is 5.82 Å². The number of methoxy groups -OCH3 is 1. The molecule has 7 heteroatoms. The number of halogens is 1. The molecule has 1 aliphatic rings. The van der Waals surface area contributed by atoms with Gasteiger partial charge in [-0.25, -0.2) is 4.39 Å². The Morgan fingerprint density at radius 1 is 1.52 bits per heavy atom. The van der Waals surface area contributed by atoms with Crippen molar-refractivity contribution in [2.75, 3.05) is 33.4 Å². The minimum Gasteiger partial charge on any atom is -0.383 e. The van der Waals surface area contributed by atoms with Gasteiger partial charge >= 0.3 is 0 Å². The van der Waals surface area contributed by atoms with E-state index in [1.807, 2.05) is 11.0 Å². The van der Waals surface area contributed by atoms with Gasteiger partial charge in [-0.15, -0.1) is 0 Å². The molecule has 1 heterocycles. The van der Waals surface area contributed by atoms with Crippen LogP contribution >= 0.6 is 0 Å². The fourth-order valence-corrected chi connectivity index (χ4v) is 2.58. The summed E-state index contributed by atoms with van der Waals surface area (Å²) in [6, 6.07) is 5.73. The Morgan fingerprint density at radius 2 is 2.35 bits per heavy atom. The summed E-state index contributed by atoms with van der Waals surface area (Å²) in [7, 11) is 1.56. The molecule has 126 valence electrons. The summed E-state index contributed by atoms with van der Waals surface area (Å²) in [5.41, 5.74) is 0.782. The standard InChI is InChI=1S/C16H22FN3O3/c1-23-8-6-18-15(21)10-14-16(22)19-5-7-20(14)11-12-3-2-4-13(17)9-12/h2-4,9,14H,5-8,10-11H2,1H3,(H,18,21)(H,19,22)/t14-/m0/s1. The van der Waals surface area contributed by atoms with E-state index in [4.69, 9.17) is 4.74 Å². The molecule has 1 atom stereocenters. The first-order valence-corrected chi connectivity index (χ1v) is 7.62. The second-order valence-corrected chi connectivity index (χ2v) is 5.45. The van der Waals surface area contributed by atoms with Crippen LogP contribution in [0.15, 0.2) is 24.3 Å². The van der Waals surface area contributed by atoms with Gasteiger partial charge in [0.05, 0.1) is 19.1 Å². The number of rotatable bonds is 7. The number of nitrogens with zero attached hydrogens (tertiary/aromatic N) is 1. The fraction of sp³-hybridized carbons (Fsp3) is 0.500. The van der Waals surface area contributed by atoms with Crippen molar-refractivity contribution in [1.29, 1.82) is 0 Å². The van der Waals surface area contributed by atoms with Crippen molar-refractivity contribution in [2.45, 2.75) is 19.0 Å². The van der Waals surface area contributed by atoms with Crippen molar-refractivity contribution >= 4 is 11.8 Å². The monoisotopic (exact) mass is 323 g/mol. The Labute approximate surface area is 135 Å². The van der Waals surface area contributed by atoms with E-state index in [1.54, 1.807) is 13.2 Å². The van der Waals surface area contributed by atoms with Crippen LogP contribution in [0.5, 0.6) is 0 Å². The summed E-state index contributed by atoms with van der Waals surface area (Å²) in [5.74, 6) is -0.680. The topological polar surface area (TPSA) is 70.7 Å². The van der Waals surface area contributed by atoms with Crippen LogP contribution in [0.4, 0.5) is 4.39 Å². The van der Waals surface area contributed by atoms with E-state index < -0.39 is 6.04 Å². The molecule has 1 aromatic carbocycles. The first kappa shape index (κ1) is 17.4. The molecule has 2 rings (SSSR count).